The quantitative estimate of drug-likeness (QED) is 0.766. The second kappa shape index (κ2) is 8.25. The molecule has 1 aromatic heterocycles. The van der Waals surface area contributed by atoms with Crippen LogP contribution >= 0.6 is 0 Å². The number of pyridine rings is 1. The molecule has 1 N–H and O–H groups in total. The van der Waals surface area contributed by atoms with Crippen LogP contribution in [0.4, 0.5) is 0 Å². The van der Waals surface area contributed by atoms with E-state index in [4.69, 9.17) is 4.74 Å². The van der Waals surface area contributed by atoms with E-state index in [1.54, 1.807) is 0 Å². The fourth-order valence-electron chi connectivity index (χ4n) is 2.92. The summed E-state index contributed by atoms with van der Waals surface area (Å²) in [5, 5.41) is 3.42. The molecule has 112 valence electrons. The maximum Gasteiger partial charge on any atom is 0.213 e. The minimum Gasteiger partial charge on any atom is -0.474 e. The second-order valence-electron chi connectivity index (χ2n) is 5.86. The summed E-state index contributed by atoms with van der Waals surface area (Å²) in [6.07, 6.45) is 9.68. The first kappa shape index (κ1) is 15.3. The van der Waals surface area contributed by atoms with Crippen LogP contribution in [0.3, 0.4) is 0 Å². The van der Waals surface area contributed by atoms with Gasteiger partial charge in [0.15, 0.2) is 0 Å². The van der Waals surface area contributed by atoms with Crippen LogP contribution in [0, 0.1) is 5.92 Å². The maximum absolute atomic E-state index is 6.10. The zero-order valence-electron chi connectivity index (χ0n) is 12.9. The van der Waals surface area contributed by atoms with E-state index in [9.17, 15) is 0 Å². The lowest BCUT2D eigenvalue weighted by atomic mass is 9.85. The molecule has 1 aliphatic carbocycles. The molecule has 1 heterocycles. The van der Waals surface area contributed by atoms with Crippen molar-refractivity contribution in [2.45, 2.75) is 65.0 Å². The van der Waals surface area contributed by atoms with Gasteiger partial charge in [-0.3, -0.25) is 0 Å². The summed E-state index contributed by atoms with van der Waals surface area (Å²) in [6, 6.07) is 4.14. The average Bonchev–Trinajstić information content (AvgIpc) is 2.48. The van der Waals surface area contributed by atoms with Crippen molar-refractivity contribution in [2.24, 2.45) is 5.92 Å². The molecule has 20 heavy (non-hydrogen) atoms. The van der Waals surface area contributed by atoms with Gasteiger partial charge in [-0.1, -0.05) is 26.7 Å². The first-order valence-electron chi connectivity index (χ1n) is 8.14. The van der Waals surface area contributed by atoms with Crippen LogP contribution in [-0.2, 0) is 6.54 Å². The van der Waals surface area contributed by atoms with E-state index >= 15 is 0 Å². The zero-order valence-corrected chi connectivity index (χ0v) is 12.9. The summed E-state index contributed by atoms with van der Waals surface area (Å²) in [6.45, 7) is 6.42. The molecule has 1 fully saturated rings. The number of hydrogen-bond donors (Lipinski definition) is 1. The van der Waals surface area contributed by atoms with Crippen molar-refractivity contribution in [3.05, 3.63) is 23.9 Å². The number of ether oxygens (including phenoxy) is 1. The van der Waals surface area contributed by atoms with Gasteiger partial charge in [0.1, 0.15) is 6.10 Å². The Labute approximate surface area is 123 Å². The van der Waals surface area contributed by atoms with Crippen LogP contribution in [0.15, 0.2) is 18.3 Å². The fraction of sp³-hybridized carbons (Fsp3) is 0.706. The normalized spacial score (nSPS) is 22.7. The molecule has 1 aliphatic rings. The molecule has 2 atom stereocenters. The molecule has 0 amide bonds. The van der Waals surface area contributed by atoms with Crippen molar-refractivity contribution in [3.63, 3.8) is 0 Å². The molecule has 1 aromatic rings. The molecule has 3 nitrogen and oxygen atoms in total. The lowest BCUT2D eigenvalue weighted by Crippen LogP contribution is -2.25. The monoisotopic (exact) mass is 276 g/mol. The Morgan fingerprint density at radius 3 is 3.05 bits per heavy atom. The molecule has 0 aliphatic heterocycles. The summed E-state index contributed by atoms with van der Waals surface area (Å²) < 4.78 is 6.10. The van der Waals surface area contributed by atoms with E-state index in [2.05, 4.69) is 36.3 Å². The van der Waals surface area contributed by atoms with Gasteiger partial charge in [0.05, 0.1) is 0 Å². The van der Waals surface area contributed by atoms with Gasteiger partial charge in [0.25, 0.3) is 0 Å². The lowest BCUT2D eigenvalue weighted by molar-refractivity contribution is 0.117. The molecule has 2 rings (SSSR count). The van der Waals surface area contributed by atoms with Gasteiger partial charge in [-0.15, -0.1) is 0 Å². The predicted octanol–water partition coefficient (Wildman–Crippen LogP) is 3.93. The van der Waals surface area contributed by atoms with Crippen LogP contribution in [0.25, 0.3) is 0 Å². The molecule has 0 bridgehead atoms. The fourth-order valence-corrected chi connectivity index (χ4v) is 2.92. The van der Waals surface area contributed by atoms with Gasteiger partial charge < -0.3 is 10.1 Å². The number of aromatic nitrogens is 1. The van der Waals surface area contributed by atoms with Gasteiger partial charge in [0.2, 0.25) is 5.88 Å². The van der Waals surface area contributed by atoms with Crippen molar-refractivity contribution in [1.82, 2.24) is 10.3 Å². The lowest BCUT2D eigenvalue weighted by Gasteiger charge is -2.28. The molecule has 1 saturated carbocycles. The molecule has 0 saturated heterocycles. The van der Waals surface area contributed by atoms with Gasteiger partial charge in [-0.05, 0) is 49.8 Å². The van der Waals surface area contributed by atoms with Gasteiger partial charge >= 0.3 is 0 Å². The van der Waals surface area contributed by atoms with Gasteiger partial charge in [-0.25, -0.2) is 4.98 Å². The molecule has 3 heteroatoms. The first-order valence-corrected chi connectivity index (χ1v) is 8.14. The third-order valence-corrected chi connectivity index (χ3v) is 4.15. The Hall–Kier alpha value is -1.09. The molecule has 2 unspecified atom stereocenters. The van der Waals surface area contributed by atoms with Crippen molar-refractivity contribution < 1.29 is 4.74 Å². The smallest absolute Gasteiger partial charge is 0.213 e. The SMILES string of the molecule is CCCNCc1ccnc(OC2CCCC(CC)C2)c1. The largest absolute Gasteiger partial charge is 0.474 e. The van der Waals surface area contributed by atoms with E-state index in [-0.39, 0.29) is 0 Å². The first-order chi connectivity index (χ1) is 9.81. The molecule has 0 radical (unpaired) electrons. The van der Waals surface area contributed by atoms with Crippen molar-refractivity contribution >= 4 is 0 Å². The van der Waals surface area contributed by atoms with Crippen LogP contribution in [0.2, 0.25) is 0 Å². The summed E-state index contributed by atoms with van der Waals surface area (Å²) in [5.41, 5.74) is 1.26. The molecule has 0 aromatic carbocycles. The van der Waals surface area contributed by atoms with Crippen LogP contribution in [0.1, 0.15) is 57.9 Å². The Morgan fingerprint density at radius 1 is 1.35 bits per heavy atom. The van der Waals surface area contributed by atoms with Gasteiger partial charge in [0, 0.05) is 18.8 Å². The molecular formula is C17H28N2O. The highest BCUT2D eigenvalue weighted by Gasteiger charge is 2.22. The standard InChI is InChI=1S/C17H28N2O/c1-3-9-18-13-15-8-10-19-17(12-15)20-16-7-5-6-14(4-2)11-16/h8,10,12,14,16,18H,3-7,9,11,13H2,1-2H3. The third-order valence-electron chi connectivity index (χ3n) is 4.15. The average molecular weight is 276 g/mol. The zero-order chi connectivity index (χ0) is 14.2. The minimum absolute atomic E-state index is 0.361. The van der Waals surface area contributed by atoms with E-state index in [0.29, 0.717) is 6.10 Å². The van der Waals surface area contributed by atoms with E-state index in [0.717, 1.165) is 31.3 Å². The highest BCUT2D eigenvalue weighted by atomic mass is 16.5. The van der Waals surface area contributed by atoms with Crippen molar-refractivity contribution in [1.29, 1.82) is 0 Å². The van der Waals surface area contributed by atoms with Crippen LogP contribution in [-0.4, -0.2) is 17.6 Å². The predicted molar refractivity (Wildman–Crippen MR) is 82.9 cm³/mol. The number of hydrogen-bond acceptors (Lipinski definition) is 3. The van der Waals surface area contributed by atoms with E-state index in [1.807, 2.05) is 6.20 Å². The van der Waals surface area contributed by atoms with Crippen molar-refractivity contribution in [3.8, 4) is 5.88 Å². The van der Waals surface area contributed by atoms with Crippen molar-refractivity contribution in [2.75, 3.05) is 6.54 Å². The maximum atomic E-state index is 6.10. The number of nitrogens with zero attached hydrogens (tertiary/aromatic N) is 1. The third kappa shape index (κ3) is 4.78. The van der Waals surface area contributed by atoms with E-state index in [1.165, 1.54) is 37.7 Å². The highest BCUT2D eigenvalue weighted by Crippen LogP contribution is 2.29. The molecular weight excluding hydrogens is 248 g/mol. The summed E-state index contributed by atoms with van der Waals surface area (Å²) in [5.74, 6) is 1.63. The highest BCUT2D eigenvalue weighted by molar-refractivity contribution is 5.20. The summed E-state index contributed by atoms with van der Waals surface area (Å²) in [7, 11) is 0. The topological polar surface area (TPSA) is 34.2 Å². The van der Waals surface area contributed by atoms with E-state index < -0.39 is 0 Å². The molecule has 0 spiro atoms. The minimum atomic E-state index is 0.361. The van der Waals surface area contributed by atoms with Crippen LogP contribution in [0.5, 0.6) is 5.88 Å². The Bertz CT molecular complexity index is 394. The summed E-state index contributed by atoms with van der Waals surface area (Å²) in [4.78, 5) is 4.36. The number of nitrogens with one attached hydrogen (secondary N) is 1. The Morgan fingerprint density at radius 2 is 2.25 bits per heavy atom. The van der Waals surface area contributed by atoms with Gasteiger partial charge in [-0.2, -0.15) is 0 Å². The Kier molecular flexibility index (Phi) is 6.31. The Balaban J connectivity index is 1.87. The second-order valence-corrected chi connectivity index (χ2v) is 5.86. The number of rotatable bonds is 7. The van der Waals surface area contributed by atoms with Crippen LogP contribution < -0.4 is 10.1 Å². The summed E-state index contributed by atoms with van der Waals surface area (Å²) >= 11 is 0.